The van der Waals surface area contributed by atoms with Gasteiger partial charge in [-0.3, -0.25) is 0 Å². The monoisotopic (exact) mass is 518 g/mol. The number of allylic oxidation sites excluding steroid dienone is 4. The Labute approximate surface area is 218 Å². The highest BCUT2D eigenvalue weighted by Crippen LogP contribution is 2.36. The van der Waals surface area contributed by atoms with E-state index in [1.165, 1.54) is 43.5 Å². The lowest BCUT2D eigenvalue weighted by Crippen LogP contribution is -2.04. The van der Waals surface area contributed by atoms with Gasteiger partial charge in [0.25, 0.3) is 0 Å². The van der Waals surface area contributed by atoms with Crippen LogP contribution in [0.2, 0.25) is 0 Å². The molecule has 6 heteroatoms. The number of hydrogen-bond donors (Lipinski definition) is 0. The van der Waals surface area contributed by atoms with E-state index in [9.17, 15) is 17.6 Å². The first kappa shape index (κ1) is 28.8. The van der Waals surface area contributed by atoms with Gasteiger partial charge in [-0.15, -0.1) is 0 Å². The third-order valence-electron chi connectivity index (χ3n) is 6.68. The van der Waals surface area contributed by atoms with Gasteiger partial charge in [0.05, 0.1) is 13.2 Å². The van der Waals surface area contributed by atoms with Crippen LogP contribution < -0.4 is 9.47 Å². The molecule has 0 fully saturated rings. The molecule has 0 unspecified atom stereocenters. The number of unbranched alkanes of at least 4 members (excludes halogenated alkanes) is 7. The van der Waals surface area contributed by atoms with Crippen molar-refractivity contribution < 1.29 is 27.0 Å². The molecule has 0 bridgehead atoms. The minimum atomic E-state index is -1.01. The van der Waals surface area contributed by atoms with Crippen LogP contribution >= 0.6 is 0 Å². The highest BCUT2D eigenvalue weighted by molar-refractivity contribution is 5.78. The van der Waals surface area contributed by atoms with Crippen molar-refractivity contribution in [3.63, 3.8) is 0 Å². The van der Waals surface area contributed by atoms with Crippen LogP contribution in [0, 0.1) is 23.3 Å². The lowest BCUT2D eigenvalue weighted by atomic mass is 9.90. The van der Waals surface area contributed by atoms with Crippen molar-refractivity contribution in [1.82, 2.24) is 0 Å². The second-order valence-corrected chi connectivity index (χ2v) is 9.52. The van der Waals surface area contributed by atoms with E-state index >= 15 is 0 Å². The van der Waals surface area contributed by atoms with Gasteiger partial charge in [-0.1, -0.05) is 70.9 Å². The first-order chi connectivity index (χ1) is 18.0. The molecule has 1 aliphatic carbocycles. The topological polar surface area (TPSA) is 18.5 Å². The third kappa shape index (κ3) is 7.86. The van der Waals surface area contributed by atoms with Gasteiger partial charge >= 0.3 is 0 Å². The summed E-state index contributed by atoms with van der Waals surface area (Å²) in [5.41, 5.74) is 1.50. The summed E-state index contributed by atoms with van der Waals surface area (Å²) in [5, 5.41) is 0. The summed E-state index contributed by atoms with van der Waals surface area (Å²) in [7, 11) is 0. The zero-order valence-electron chi connectivity index (χ0n) is 22.0. The predicted octanol–water partition coefficient (Wildman–Crippen LogP) is 9.81. The standard InChI is InChI=1S/C31H38F4O2/c1-3-5-7-8-9-11-21-37-27-19-17-25(29(33)31(27)35)23-14-12-22(13-15-23)24-16-18-26(30(34)28(24)32)36-20-10-6-4-2/h12,15-19H,3-11,13-14,20-21H2,1-2H3. The van der Waals surface area contributed by atoms with E-state index in [4.69, 9.17) is 9.47 Å². The van der Waals surface area contributed by atoms with E-state index in [0.717, 1.165) is 38.5 Å². The Balaban J connectivity index is 1.59. The van der Waals surface area contributed by atoms with E-state index in [2.05, 4.69) is 13.8 Å². The van der Waals surface area contributed by atoms with Crippen LogP contribution in [0.15, 0.2) is 36.4 Å². The maximum atomic E-state index is 14.9. The van der Waals surface area contributed by atoms with Crippen LogP contribution in [0.3, 0.4) is 0 Å². The summed E-state index contributed by atoms with van der Waals surface area (Å²) in [5.74, 6) is -4.10. The van der Waals surface area contributed by atoms with Crippen LogP contribution in [-0.4, -0.2) is 13.2 Å². The molecule has 0 saturated heterocycles. The molecule has 2 nitrogen and oxygen atoms in total. The Morgan fingerprint density at radius 1 is 0.541 bits per heavy atom. The van der Waals surface area contributed by atoms with Crippen molar-refractivity contribution in [2.24, 2.45) is 0 Å². The van der Waals surface area contributed by atoms with Gasteiger partial charge in [0, 0.05) is 11.1 Å². The molecule has 2 aromatic rings. The van der Waals surface area contributed by atoms with Gasteiger partial charge < -0.3 is 9.47 Å². The summed E-state index contributed by atoms with van der Waals surface area (Å²) in [4.78, 5) is 0. The van der Waals surface area contributed by atoms with Gasteiger partial charge in [0.2, 0.25) is 11.6 Å². The Morgan fingerprint density at radius 2 is 0.946 bits per heavy atom. The van der Waals surface area contributed by atoms with Gasteiger partial charge in [-0.25, -0.2) is 8.78 Å². The summed E-state index contributed by atoms with van der Waals surface area (Å²) in [6.07, 6.45) is 13.3. The second-order valence-electron chi connectivity index (χ2n) is 9.52. The highest BCUT2D eigenvalue weighted by Gasteiger charge is 2.21. The maximum Gasteiger partial charge on any atom is 0.201 e. The van der Waals surface area contributed by atoms with Crippen molar-refractivity contribution in [1.29, 1.82) is 0 Å². The maximum absolute atomic E-state index is 14.9. The molecular weight excluding hydrogens is 480 g/mol. The molecule has 2 aromatic carbocycles. The molecular formula is C31H38F4O2. The summed E-state index contributed by atoms with van der Waals surface area (Å²) in [6, 6.07) is 5.93. The Kier molecular flexibility index (Phi) is 11.6. The quantitative estimate of drug-likeness (QED) is 0.173. The van der Waals surface area contributed by atoms with E-state index in [1.54, 1.807) is 12.2 Å². The Hall–Kier alpha value is -2.76. The van der Waals surface area contributed by atoms with Crippen molar-refractivity contribution in [2.45, 2.75) is 84.5 Å². The largest absolute Gasteiger partial charge is 0.490 e. The first-order valence-corrected chi connectivity index (χ1v) is 13.6. The Bertz CT molecular complexity index is 1090. The van der Waals surface area contributed by atoms with Crippen LogP contribution in [-0.2, 0) is 0 Å². The SMILES string of the molecule is CCCCCCCCOc1ccc(C2=CCC(c3ccc(OCCCCC)c(F)c3F)=CC2)c(F)c1F. The zero-order chi connectivity index (χ0) is 26.6. The second kappa shape index (κ2) is 14.8. The van der Waals surface area contributed by atoms with E-state index < -0.39 is 23.3 Å². The lowest BCUT2D eigenvalue weighted by molar-refractivity contribution is 0.284. The van der Waals surface area contributed by atoms with Crippen molar-refractivity contribution >= 4 is 11.1 Å². The molecule has 0 heterocycles. The molecule has 3 rings (SSSR count). The molecule has 0 N–H and O–H groups in total. The molecule has 0 spiro atoms. The highest BCUT2D eigenvalue weighted by atomic mass is 19.2. The molecule has 0 amide bonds. The molecule has 0 aromatic heterocycles. The number of halogens is 4. The van der Waals surface area contributed by atoms with Gasteiger partial charge in [0.15, 0.2) is 23.1 Å². The smallest absolute Gasteiger partial charge is 0.201 e. The van der Waals surface area contributed by atoms with Gasteiger partial charge in [-0.2, -0.15) is 8.78 Å². The third-order valence-corrected chi connectivity index (χ3v) is 6.68. The number of ether oxygens (including phenoxy) is 2. The zero-order valence-corrected chi connectivity index (χ0v) is 22.0. The van der Waals surface area contributed by atoms with Crippen molar-refractivity contribution in [2.75, 3.05) is 13.2 Å². The van der Waals surface area contributed by atoms with Crippen LogP contribution in [0.1, 0.15) is 95.6 Å². The van der Waals surface area contributed by atoms with E-state index in [1.807, 2.05) is 0 Å². The molecule has 0 atom stereocenters. The fourth-order valence-electron chi connectivity index (χ4n) is 4.45. The van der Waals surface area contributed by atoms with Crippen molar-refractivity contribution in [3.8, 4) is 11.5 Å². The van der Waals surface area contributed by atoms with Crippen LogP contribution in [0.25, 0.3) is 11.1 Å². The minimum Gasteiger partial charge on any atom is -0.490 e. The predicted molar refractivity (Wildman–Crippen MR) is 142 cm³/mol. The van der Waals surface area contributed by atoms with E-state index in [-0.39, 0.29) is 35.5 Å². The van der Waals surface area contributed by atoms with Gasteiger partial charge in [-0.05, 0) is 61.1 Å². The molecule has 1 aliphatic rings. The number of rotatable bonds is 15. The average Bonchev–Trinajstić information content (AvgIpc) is 2.91. The fourth-order valence-corrected chi connectivity index (χ4v) is 4.45. The summed E-state index contributed by atoms with van der Waals surface area (Å²) >= 11 is 0. The van der Waals surface area contributed by atoms with E-state index in [0.29, 0.717) is 24.4 Å². The first-order valence-electron chi connectivity index (χ1n) is 13.6. The normalized spacial score (nSPS) is 13.4. The number of hydrogen-bond acceptors (Lipinski definition) is 2. The number of benzene rings is 2. The van der Waals surface area contributed by atoms with Crippen molar-refractivity contribution in [3.05, 3.63) is 70.8 Å². The minimum absolute atomic E-state index is 0.0861. The molecule has 37 heavy (non-hydrogen) atoms. The molecule has 0 radical (unpaired) electrons. The average molecular weight is 519 g/mol. The van der Waals surface area contributed by atoms with Crippen LogP contribution in [0.4, 0.5) is 17.6 Å². The summed E-state index contributed by atoms with van der Waals surface area (Å²) < 4.78 is 69.7. The molecule has 0 aliphatic heterocycles. The summed E-state index contributed by atoms with van der Waals surface area (Å²) in [6.45, 7) is 4.90. The van der Waals surface area contributed by atoms with Gasteiger partial charge in [0.1, 0.15) is 0 Å². The molecule has 202 valence electrons. The van der Waals surface area contributed by atoms with Crippen LogP contribution in [0.5, 0.6) is 11.5 Å². The Morgan fingerprint density at radius 3 is 1.41 bits per heavy atom. The fraction of sp³-hybridized carbons (Fsp3) is 0.484. The molecule has 0 saturated carbocycles. The lowest BCUT2D eigenvalue weighted by Gasteiger charge is -2.17.